The number of rotatable bonds is 10. The van der Waals surface area contributed by atoms with Gasteiger partial charge in [0.05, 0.1) is 12.1 Å². The van der Waals surface area contributed by atoms with Crippen LogP contribution in [0.1, 0.15) is 34.1 Å². The van der Waals surface area contributed by atoms with E-state index < -0.39 is 36.1 Å². The topological polar surface area (TPSA) is 157 Å². The fourth-order valence-corrected chi connectivity index (χ4v) is 2.23. The molecule has 25 heavy (non-hydrogen) atoms. The Labute approximate surface area is 146 Å². The summed E-state index contributed by atoms with van der Waals surface area (Å²) in [6, 6.07) is -1.29. The Morgan fingerprint density at radius 2 is 1.04 bits per heavy atom. The minimum Gasteiger partial charge on any atom is -0.465 e. The average Bonchev–Trinajstić information content (AvgIpc) is 2.43. The van der Waals surface area contributed by atoms with Gasteiger partial charge in [0, 0.05) is 0 Å². The number of hydrogen-bond donors (Lipinski definition) is 6. The fraction of sp³-hybridized carbons (Fsp3) is 0.733. The van der Waals surface area contributed by atoms with Crippen LogP contribution in [0, 0.1) is 11.8 Å². The van der Waals surface area contributed by atoms with Crippen molar-refractivity contribution in [1.29, 1.82) is 0 Å². The quantitative estimate of drug-likeness (QED) is 0.301. The number of carboxylic acid groups (broad SMARTS) is 2. The van der Waals surface area contributed by atoms with E-state index in [4.69, 9.17) is 10.2 Å². The number of amides is 4. The average molecular weight is 360 g/mol. The molecule has 0 spiro atoms. The summed E-state index contributed by atoms with van der Waals surface area (Å²) in [5.74, 6) is -1.43. The van der Waals surface area contributed by atoms with Crippen molar-refractivity contribution >= 4 is 24.0 Å². The number of carbonyl (C=O) groups is 4. The van der Waals surface area contributed by atoms with Gasteiger partial charge in [-0.2, -0.15) is 0 Å². The Morgan fingerprint density at radius 1 is 0.720 bits per heavy atom. The predicted molar refractivity (Wildman–Crippen MR) is 90.2 cm³/mol. The molecule has 0 aliphatic heterocycles. The van der Waals surface area contributed by atoms with Crippen molar-refractivity contribution in [2.75, 3.05) is 13.1 Å². The van der Waals surface area contributed by atoms with E-state index in [0.29, 0.717) is 19.5 Å². The maximum Gasteiger partial charge on any atom is 0.411 e. The lowest BCUT2D eigenvalue weighted by atomic mass is 10.0. The third-order valence-electron chi connectivity index (χ3n) is 3.44. The van der Waals surface area contributed by atoms with Gasteiger partial charge < -0.3 is 20.8 Å². The van der Waals surface area contributed by atoms with E-state index in [1.165, 1.54) is 0 Å². The van der Waals surface area contributed by atoms with Crippen LogP contribution in [0.15, 0.2) is 0 Å². The van der Waals surface area contributed by atoms with Crippen molar-refractivity contribution in [3.05, 3.63) is 0 Å². The first-order valence-electron chi connectivity index (χ1n) is 8.10. The molecule has 0 aliphatic carbocycles. The molecule has 2 unspecified atom stereocenters. The summed E-state index contributed by atoms with van der Waals surface area (Å²) in [7, 11) is 0. The largest absolute Gasteiger partial charge is 0.465 e. The molecule has 0 bridgehead atoms. The van der Waals surface area contributed by atoms with Crippen molar-refractivity contribution in [3.63, 3.8) is 0 Å². The minimum atomic E-state index is -1.40. The number of imide groups is 2. The second-order valence-corrected chi connectivity index (χ2v) is 6.29. The van der Waals surface area contributed by atoms with Crippen LogP contribution in [0.5, 0.6) is 0 Å². The molecule has 0 fully saturated rings. The third kappa shape index (κ3) is 9.62. The fourth-order valence-electron chi connectivity index (χ4n) is 2.23. The molecule has 0 heterocycles. The molecule has 0 aromatic carbocycles. The highest BCUT2D eigenvalue weighted by molar-refractivity contribution is 5.94. The highest BCUT2D eigenvalue weighted by Gasteiger charge is 2.24. The Bertz CT molecular complexity index is 439. The summed E-state index contributed by atoms with van der Waals surface area (Å²) in [5.41, 5.74) is 0. The van der Waals surface area contributed by atoms with Crippen LogP contribution in [0.2, 0.25) is 0 Å². The zero-order valence-electron chi connectivity index (χ0n) is 15.0. The van der Waals surface area contributed by atoms with Crippen LogP contribution in [0.3, 0.4) is 0 Å². The van der Waals surface area contributed by atoms with Crippen molar-refractivity contribution < 1.29 is 29.4 Å². The number of nitrogens with one attached hydrogen (secondary N) is 4. The van der Waals surface area contributed by atoms with Gasteiger partial charge in [0.25, 0.3) is 0 Å². The van der Waals surface area contributed by atoms with E-state index in [1.54, 1.807) is 27.7 Å². The molecule has 144 valence electrons. The molecule has 10 heteroatoms. The SMILES string of the molecule is CC(C)C(NCCCNC(C(=O)NC(=O)O)C(C)C)C(=O)NC(=O)O. The molecule has 0 aliphatic rings. The van der Waals surface area contributed by atoms with Crippen molar-refractivity contribution in [2.45, 2.75) is 46.2 Å². The Balaban J connectivity index is 4.34. The van der Waals surface area contributed by atoms with Gasteiger partial charge in [-0.3, -0.25) is 20.2 Å². The van der Waals surface area contributed by atoms with Gasteiger partial charge in [-0.05, 0) is 31.3 Å². The van der Waals surface area contributed by atoms with Crippen LogP contribution >= 0.6 is 0 Å². The zero-order chi connectivity index (χ0) is 19.6. The van der Waals surface area contributed by atoms with E-state index >= 15 is 0 Å². The van der Waals surface area contributed by atoms with E-state index in [2.05, 4.69) is 10.6 Å². The number of carbonyl (C=O) groups excluding carboxylic acids is 2. The first-order valence-corrected chi connectivity index (χ1v) is 8.10. The maximum absolute atomic E-state index is 11.8. The maximum atomic E-state index is 11.8. The van der Waals surface area contributed by atoms with E-state index in [0.717, 1.165) is 0 Å². The van der Waals surface area contributed by atoms with Crippen molar-refractivity contribution in [2.24, 2.45) is 11.8 Å². The summed E-state index contributed by atoms with van der Waals surface area (Å²) < 4.78 is 0. The second-order valence-electron chi connectivity index (χ2n) is 6.29. The lowest BCUT2D eigenvalue weighted by molar-refractivity contribution is -0.124. The van der Waals surface area contributed by atoms with Gasteiger partial charge in [0.2, 0.25) is 11.8 Å². The van der Waals surface area contributed by atoms with Crippen LogP contribution < -0.4 is 21.3 Å². The van der Waals surface area contributed by atoms with E-state index in [1.807, 2.05) is 10.6 Å². The normalized spacial score (nSPS) is 13.4. The molecule has 0 aromatic heterocycles. The van der Waals surface area contributed by atoms with Gasteiger partial charge in [-0.25, -0.2) is 9.59 Å². The van der Waals surface area contributed by atoms with Gasteiger partial charge in [-0.15, -0.1) is 0 Å². The van der Waals surface area contributed by atoms with E-state index in [9.17, 15) is 19.2 Å². The second kappa shape index (κ2) is 11.4. The van der Waals surface area contributed by atoms with Gasteiger partial charge in [0.15, 0.2) is 0 Å². The predicted octanol–water partition coefficient (Wildman–Crippen LogP) is 0.193. The smallest absolute Gasteiger partial charge is 0.411 e. The van der Waals surface area contributed by atoms with Crippen molar-refractivity contribution in [3.8, 4) is 0 Å². The lowest BCUT2D eigenvalue weighted by Gasteiger charge is -2.22. The van der Waals surface area contributed by atoms with Crippen molar-refractivity contribution in [1.82, 2.24) is 21.3 Å². The minimum absolute atomic E-state index is 0.0999. The molecule has 0 saturated heterocycles. The van der Waals surface area contributed by atoms with Gasteiger partial charge in [0.1, 0.15) is 0 Å². The molecule has 0 aromatic rings. The van der Waals surface area contributed by atoms with Gasteiger partial charge >= 0.3 is 12.2 Å². The van der Waals surface area contributed by atoms with E-state index in [-0.39, 0.29) is 11.8 Å². The Hall–Kier alpha value is -2.20. The first kappa shape index (κ1) is 22.8. The molecule has 4 amide bonds. The highest BCUT2D eigenvalue weighted by Crippen LogP contribution is 2.03. The first-order chi connectivity index (χ1) is 11.6. The molecule has 0 radical (unpaired) electrons. The Kier molecular flexibility index (Phi) is 10.4. The molecular formula is C15H28N4O6. The third-order valence-corrected chi connectivity index (χ3v) is 3.44. The molecule has 10 nitrogen and oxygen atoms in total. The molecular weight excluding hydrogens is 332 g/mol. The Morgan fingerprint density at radius 3 is 1.28 bits per heavy atom. The summed E-state index contributed by atoms with van der Waals surface area (Å²) >= 11 is 0. The number of hydrogen-bond acceptors (Lipinski definition) is 6. The molecule has 0 rings (SSSR count). The summed E-state index contributed by atoms with van der Waals surface area (Å²) in [4.78, 5) is 44.6. The van der Waals surface area contributed by atoms with Crippen LogP contribution in [0.4, 0.5) is 9.59 Å². The van der Waals surface area contributed by atoms with Crippen LogP contribution in [-0.4, -0.2) is 59.4 Å². The summed E-state index contributed by atoms with van der Waals surface area (Å²) in [6.07, 6.45) is -2.24. The lowest BCUT2D eigenvalue weighted by Crippen LogP contribution is -2.50. The highest BCUT2D eigenvalue weighted by atomic mass is 16.4. The summed E-state index contributed by atoms with van der Waals surface area (Å²) in [5, 5.41) is 26.8. The molecule has 6 N–H and O–H groups in total. The van der Waals surface area contributed by atoms with Gasteiger partial charge in [-0.1, -0.05) is 27.7 Å². The summed E-state index contributed by atoms with van der Waals surface area (Å²) in [6.45, 7) is 8.03. The van der Waals surface area contributed by atoms with Crippen LogP contribution in [0.25, 0.3) is 0 Å². The van der Waals surface area contributed by atoms with Crippen LogP contribution in [-0.2, 0) is 9.59 Å². The zero-order valence-corrected chi connectivity index (χ0v) is 15.0. The molecule has 0 saturated carbocycles. The monoisotopic (exact) mass is 360 g/mol. The molecule has 2 atom stereocenters. The standard InChI is InChI=1S/C15H28N4O6/c1-8(2)10(12(20)18-14(22)23)16-6-5-7-17-11(9(3)4)13(21)19-15(24)25/h8-11,16-17H,5-7H2,1-4H3,(H,18,20)(H,19,21)(H,22,23)(H,24,25).